The Bertz CT molecular complexity index is 264. The Morgan fingerprint density at radius 2 is 1.82 bits per heavy atom. The van der Waals surface area contributed by atoms with Crippen molar-refractivity contribution in [3.05, 3.63) is 32.7 Å². The third kappa shape index (κ3) is 2.04. The van der Waals surface area contributed by atoms with Gasteiger partial charge in [-0.2, -0.15) is 5.10 Å². The lowest BCUT2D eigenvalue weighted by molar-refractivity contribution is 1.26. The molecule has 0 amide bonds. The summed E-state index contributed by atoms with van der Waals surface area (Å²) in [4.78, 5) is 0. The van der Waals surface area contributed by atoms with Gasteiger partial charge in [0, 0.05) is 14.5 Å². The molecule has 0 atom stereocenters. The second-order valence-corrected chi connectivity index (χ2v) is 3.62. The fourth-order valence-electron chi connectivity index (χ4n) is 0.709. The van der Waals surface area contributed by atoms with Crippen LogP contribution in [0.3, 0.4) is 0 Å². The molecular formula is C7H6Br2N2. The van der Waals surface area contributed by atoms with Crippen molar-refractivity contribution in [1.82, 2.24) is 0 Å². The van der Waals surface area contributed by atoms with Crippen LogP contribution in [0.4, 0.5) is 0 Å². The summed E-state index contributed by atoms with van der Waals surface area (Å²) in [5.41, 5.74) is 0.954. The lowest BCUT2D eigenvalue weighted by Gasteiger charge is -1.98. The Balaban J connectivity index is 3.20. The van der Waals surface area contributed by atoms with Crippen molar-refractivity contribution in [3.8, 4) is 0 Å². The molecule has 0 heterocycles. The van der Waals surface area contributed by atoms with Crippen LogP contribution < -0.4 is 5.84 Å². The van der Waals surface area contributed by atoms with Crippen molar-refractivity contribution in [2.24, 2.45) is 10.9 Å². The number of rotatable bonds is 1. The van der Waals surface area contributed by atoms with Crippen LogP contribution >= 0.6 is 31.9 Å². The van der Waals surface area contributed by atoms with Crippen LogP contribution in [0.25, 0.3) is 0 Å². The van der Waals surface area contributed by atoms with Crippen molar-refractivity contribution in [1.29, 1.82) is 0 Å². The van der Waals surface area contributed by atoms with E-state index < -0.39 is 0 Å². The van der Waals surface area contributed by atoms with E-state index in [-0.39, 0.29) is 0 Å². The first kappa shape index (κ1) is 8.74. The Morgan fingerprint density at radius 3 is 2.27 bits per heavy atom. The highest BCUT2D eigenvalue weighted by Crippen LogP contribution is 2.22. The lowest BCUT2D eigenvalue weighted by atomic mass is 10.2. The normalized spacial score (nSPS) is 10.7. The molecule has 0 bridgehead atoms. The molecule has 0 aromatic heterocycles. The second-order valence-electron chi connectivity index (χ2n) is 1.91. The summed E-state index contributed by atoms with van der Waals surface area (Å²) < 4.78 is 1.95. The quantitative estimate of drug-likeness (QED) is 0.478. The molecule has 4 heteroatoms. The Kier molecular flexibility index (Phi) is 3.08. The van der Waals surface area contributed by atoms with Gasteiger partial charge in [-0.25, -0.2) is 0 Å². The lowest BCUT2D eigenvalue weighted by Crippen LogP contribution is -1.88. The van der Waals surface area contributed by atoms with E-state index >= 15 is 0 Å². The third-order valence-corrected chi connectivity index (χ3v) is 2.59. The smallest absolute Gasteiger partial charge is 0.0560 e. The summed E-state index contributed by atoms with van der Waals surface area (Å²) in [6.45, 7) is 0. The van der Waals surface area contributed by atoms with E-state index in [0.29, 0.717) is 0 Å². The standard InChI is InChI=1S/C7H6Br2N2/c8-6-2-1-3-7(9)5(6)4-11-10/h1-4H,10H2. The van der Waals surface area contributed by atoms with Gasteiger partial charge in [0.05, 0.1) is 6.21 Å². The maximum atomic E-state index is 5.03. The maximum Gasteiger partial charge on any atom is 0.0560 e. The second kappa shape index (κ2) is 3.88. The number of hydrogen-bond acceptors (Lipinski definition) is 2. The first-order valence-electron chi connectivity index (χ1n) is 2.93. The number of nitrogens with two attached hydrogens (primary N) is 1. The van der Waals surface area contributed by atoms with Crippen LogP contribution in [0.2, 0.25) is 0 Å². The molecule has 0 saturated carbocycles. The average Bonchev–Trinajstić information content (AvgIpc) is 1.97. The zero-order chi connectivity index (χ0) is 8.27. The van der Waals surface area contributed by atoms with Gasteiger partial charge in [0.1, 0.15) is 0 Å². The highest BCUT2D eigenvalue weighted by atomic mass is 79.9. The molecule has 2 nitrogen and oxygen atoms in total. The minimum atomic E-state index is 0.954. The number of nitrogens with zero attached hydrogens (tertiary/aromatic N) is 1. The van der Waals surface area contributed by atoms with Crippen molar-refractivity contribution in [2.75, 3.05) is 0 Å². The molecule has 1 aromatic carbocycles. The fraction of sp³-hybridized carbons (Fsp3) is 0. The van der Waals surface area contributed by atoms with Gasteiger partial charge in [-0.05, 0) is 12.1 Å². The number of halogens is 2. The molecule has 1 aromatic rings. The Labute approximate surface area is 81.7 Å². The van der Waals surface area contributed by atoms with E-state index in [1.165, 1.54) is 0 Å². The van der Waals surface area contributed by atoms with Crippen molar-refractivity contribution >= 4 is 38.1 Å². The van der Waals surface area contributed by atoms with E-state index in [9.17, 15) is 0 Å². The van der Waals surface area contributed by atoms with E-state index in [1.807, 2.05) is 18.2 Å². The molecule has 0 aliphatic rings. The number of hydrogen-bond donors (Lipinski definition) is 1. The van der Waals surface area contributed by atoms with Gasteiger partial charge in [0.25, 0.3) is 0 Å². The van der Waals surface area contributed by atoms with Gasteiger partial charge in [0.2, 0.25) is 0 Å². The molecule has 0 spiro atoms. The minimum absolute atomic E-state index is 0.954. The zero-order valence-corrected chi connectivity index (χ0v) is 8.76. The van der Waals surface area contributed by atoms with Gasteiger partial charge in [-0.3, -0.25) is 0 Å². The summed E-state index contributed by atoms with van der Waals surface area (Å²) in [6, 6.07) is 5.80. The molecule has 0 aliphatic carbocycles. The molecular weight excluding hydrogens is 272 g/mol. The largest absolute Gasteiger partial charge is 0.323 e. The van der Waals surface area contributed by atoms with Gasteiger partial charge < -0.3 is 5.84 Å². The van der Waals surface area contributed by atoms with Crippen molar-refractivity contribution in [2.45, 2.75) is 0 Å². The molecule has 0 aliphatic heterocycles. The summed E-state index contributed by atoms with van der Waals surface area (Å²) >= 11 is 6.74. The van der Waals surface area contributed by atoms with Crippen LogP contribution in [-0.4, -0.2) is 6.21 Å². The molecule has 0 fully saturated rings. The topological polar surface area (TPSA) is 38.4 Å². The van der Waals surface area contributed by atoms with Crippen molar-refractivity contribution in [3.63, 3.8) is 0 Å². The predicted octanol–water partition coefficient (Wildman–Crippen LogP) is 2.50. The summed E-state index contributed by atoms with van der Waals surface area (Å²) in [6.07, 6.45) is 1.59. The Morgan fingerprint density at radius 1 is 1.27 bits per heavy atom. The number of benzene rings is 1. The summed E-state index contributed by atoms with van der Waals surface area (Å²) in [5.74, 6) is 5.03. The minimum Gasteiger partial charge on any atom is -0.323 e. The molecule has 1 rings (SSSR count). The molecule has 58 valence electrons. The summed E-state index contributed by atoms with van der Waals surface area (Å²) in [5, 5.41) is 3.44. The Hall–Kier alpha value is -0.350. The first-order valence-corrected chi connectivity index (χ1v) is 4.51. The monoisotopic (exact) mass is 276 g/mol. The first-order chi connectivity index (χ1) is 5.25. The van der Waals surface area contributed by atoms with Crippen LogP contribution in [0.5, 0.6) is 0 Å². The van der Waals surface area contributed by atoms with Crippen molar-refractivity contribution < 1.29 is 0 Å². The van der Waals surface area contributed by atoms with Crippen LogP contribution in [0.15, 0.2) is 32.2 Å². The average molecular weight is 278 g/mol. The van der Waals surface area contributed by atoms with Gasteiger partial charge in [0.15, 0.2) is 0 Å². The fourth-order valence-corrected chi connectivity index (χ4v) is 1.91. The zero-order valence-electron chi connectivity index (χ0n) is 5.59. The van der Waals surface area contributed by atoms with Gasteiger partial charge >= 0.3 is 0 Å². The molecule has 0 saturated heterocycles. The van der Waals surface area contributed by atoms with Gasteiger partial charge in [-0.15, -0.1) is 0 Å². The van der Waals surface area contributed by atoms with Crippen LogP contribution in [0.1, 0.15) is 5.56 Å². The van der Waals surface area contributed by atoms with E-state index in [0.717, 1.165) is 14.5 Å². The third-order valence-electron chi connectivity index (χ3n) is 1.20. The van der Waals surface area contributed by atoms with Crippen LogP contribution in [-0.2, 0) is 0 Å². The maximum absolute atomic E-state index is 5.03. The van der Waals surface area contributed by atoms with Gasteiger partial charge in [-0.1, -0.05) is 37.9 Å². The SMILES string of the molecule is NN=Cc1c(Br)cccc1Br. The van der Waals surface area contributed by atoms with E-state index in [2.05, 4.69) is 37.0 Å². The number of hydrazone groups is 1. The van der Waals surface area contributed by atoms with E-state index in [1.54, 1.807) is 6.21 Å². The summed E-state index contributed by atoms with van der Waals surface area (Å²) in [7, 11) is 0. The van der Waals surface area contributed by atoms with Crippen LogP contribution in [0, 0.1) is 0 Å². The molecule has 2 N–H and O–H groups in total. The highest BCUT2D eigenvalue weighted by Gasteiger charge is 1.99. The van der Waals surface area contributed by atoms with E-state index in [4.69, 9.17) is 5.84 Å². The molecule has 0 unspecified atom stereocenters. The molecule has 0 radical (unpaired) electrons. The molecule has 11 heavy (non-hydrogen) atoms. The predicted molar refractivity (Wildman–Crippen MR) is 53.6 cm³/mol. The highest BCUT2D eigenvalue weighted by molar-refractivity contribution is 9.11.